The summed E-state index contributed by atoms with van der Waals surface area (Å²) in [6.45, 7) is 4.20. The lowest BCUT2D eigenvalue weighted by molar-refractivity contribution is 0.663. The average molecular weight is 242 g/mol. The number of hydrogen-bond donors (Lipinski definition) is 0. The first-order valence-electron chi connectivity index (χ1n) is 7.03. The van der Waals surface area contributed by atoms with Crippen LogP contribution in [0.15, 0.2) is 22.3 Å². The third kappa shape index (κ3) is 3.47. The monoisotopic (exact) mass is 242 g/mol. The van der Waals surface area contributed by atoms with Crippen molar-refractivity contribution >= 4 is 0 Å². The molecule has 96 valence electrons. The first-order chi connectivity index (χ1) is 8.78. The molecule has 2 heteroatoms. The second kappa shape index (κ2) is 7.72. The number of nitriles is 2. The van der Waals surface area contributed by atoms with Crippen molar-refractivity contribution in [2.75, 3.05) is 0 Å². The molecule has 0 unspecified atom stereocenters. The molecule has 0 aromatic rings. The highest BCUT2D eigenvalue weighted by Crippen LogP contribution is 2.35. The van der Waals surface area contributed by atoms with E-state index in [0.29, 0.717) is 0 Å². The molecule has 0 bridgehead atoms. The molecule has 0 aromatic heterocycles. The van der Waals surface area contributed by atoms with Crippen LogP contribution >= 0.6 is 0 Å². The zero-order valence-corrected chi connectivity index (χ0v) is 11.6. The van der Waals surface area contributed by atoms with Crippen LogP contribution in [-0.4, -0.2) is 0 Å². The molecule has 0 radical (unpaired) electrons. The van der Waals surface area contributed by atoms with Crippen LogP contribution in [0.25, 0.3) is 0 Å². The summed E-state index contributed by atoms with van der Waals surface area (Å²) in [6, 6.07) is 4.72. The maximum atomic E-state index is 9.30. The van der Waals surface area contributed by atoms with E-state index in [4.69, 9.17) is 0 Å². The Morgan fingerprint density at radius 2 is 1.28 bits per heavy atom. The van der Waals surface area contributed by atoms with Gasteiger partial charge in [0.1, 0.15) is 0 Å². The Bertz CT molecular complexity index is 385. The van der Waals surface area contributed by atoms with E-state index in [2.05, 4.69) is 26.0 Å². The highest BCUT2D eigenvalue weighted by atomic mass is 14.3. The summed E-state index contributed by atoms with van der Waals surface area (Å²) in [4.78, 5) is 0. The van der Waals surface area contributed by atoms with Crippen LogP contribution < -0.4 is 0 Å². The van der Waals surface area contributed by atoms with Crippen molar-refractivity contribution in [1.29, 1.82) is 10.5 Å². The van der Waals surface area contributed by atoms with Gasteiger partial charge >= 0.3 is 0 Å². The van der Waals surface area contributed by atoms with Gasteiger partial charge in [0, 0.05) is 11.1 Å². The van der Waals surface area contributed by atoms with Crippen molar-refractivity contribution < 1.29 is 0 Å². The molecule has 18 heavy (non-hydrogen) atoms. The highest BCUT2D eigenvalue weighted by Gasteiger charge is 2.19. The van der Waals surface area contributed by atoms with Crippen LogP contribution in [0.5, 0.6) is 0 Å². The van der Waals surface area contributed by atoms with Crippen molar-refractivity contribution in [2.45, 2.75) is 65.2 Å². The standard InChI is InChI=1S/C16H22N2/c1-3-7-13(11-17)15-9-5-6-10-16(15)14(12-18)8-4-2/h3-10H2,1-2H3/b15-13-,16-14-. The Hall–Kier alpha value is -1.54. The molecule has 0 N–H and O–H groups in total. The van der Waals surface area contributed by atoms with Gasteiger partial charge in [0.05, 0.1) is 12.1 Å². The van der Waals surface area contributed by atoms with Crippen molar-refractivity contribution in [3.63, 3.8) is 0 Å². The first-order valence-corrected chi connectivity index (χ1v) is 7.03. The fourth-order valence-corrected chi connectivity index (χ4v) is 2.62. The van der Waals surface area contributed by atoms with Gasteiger partial charge < -0.3 is 0 Å². The third-order valence-corrected chi connectivity index (χ3v) is 3.47. The number of nitrogens with zero attached hydrogens (tertiary/aromatic N) is 2. The molecule has 0 aliphatic heterocycles. The van der Waals surface area contributed by atoms with Crippen molar-refractivity contribution in [2.24, 2.45) is 0 Å². The molecule has 0 atom stereocenters. The zero-order valence-electron chi connectivity index (χ0n) is 11.6. The van der Waals surface area contributed by atoms with Crippen LogP contribution in [-0.2, 0) is 0 Å². The number of rotatable bonds is 4. The molecule has 0 aromatic carbocycles. The number of hydrogen-bond acceptors (Lipinski definition) is 2. The van der Waals surface area contributed by atoms with E-state index in [0.717, 1.165) is 62.5 Å². The molecular formula is C16H22N2. The van der Waals surface area contributed by atoms with Crippen molar-refractivity contribution in [1.82, 2.24) is 0 Å². The van der Waals surface area contributed by atoms with E-state index >= 15 is 0 Å². The van der Waals surface area contributed by atoms with Gasteiger partial charge in [-0.3, -0.25) is 0 Å². The van der Waals surface area contributed by atoms with E-state index in [9.17, 15) is 10.5 Å². The summed E-state index contributed by atoms with van der Waals surface area (Å²) < 4.78 is 0. The van der Waals surface area contributed by atoms with E-state index in [1.807, 2.05) is 0 Å². The summed E-state index contributed by atoms with van der Waals surface area (Å²) >= 11 is 0. The minimum Gasteiger partial charge on any atom is -0.193 e. The molecule has 0 amide bonds. The summed E-state index contributed by atoms with van der Waals surface area (Å²) in [5, 5.41) is 18.6. The maximum Gasteiger partial charge on any atom is 0.0950 e. The molecule has 0 heterocycles. The van der Waals surface area contributed by atoms with E-state index in [1.54, 1.807) is 0 Å². The quantitative estimate of drug-likeness (QED) is 0.665. The second-order valence-electron chi connectivity index (χ2n) is 4.84. The fourth-order valence-electron chi connectivity index (χ4n) is 2.62. The Morgan fingerprint density at radius 1 is 0.889 bits per heavy atom. The summed E-state index contributed by atoms with van der Waals surface area (Å²) in [7, 11) is 0. The largest absolute Gasteiger partial charge is 0.193 e. The zero-order chi connectivity index (χ0) is 13.4. The van der Waals surface area contributed by atoms with Gasteiger partial charge in [0.2, 0.25) is 0 Å². The molecule has 0 saturated heterocycles. The van der Waals surface area contributed by atoms with Crippen LogP contribution in [0.2, 0.25) is 0 Å². The lowest BCUT2D eigenvalue weighted by atomic mass is 9.82. The Balaban J connectivity index is 3.22. The van der Waals surface area contributed by atoms with Crippen LogP contribution in [0, 0.1) is 22.7 Å². The lowest BCUT2D eigenvalue weighted by Crippen LogP contribution is -2.05. The topological polar surface area (TPSA) is 47.6 Å². The fraction of sp³-hybridized carbons (Fsp3) is 0.625. The van der Waals surface area contributed by atoms with E-state index < -0.39 is 0 Å². The number of allylic oxidation sites excluding steroid dienone is 4. The minimum absolute atomic E-state index is 0.847. The Labute approximate surface area is 111 Å². The van der Waals surface area contributed by atoms with E-state index in [1.165, 1.54) is 11.1 Å². The molecule has 2 nitrogen and oxygen atoms in total. The van der Waals surface area contributed by atoms with Crippen LogP contribution in [0.3, 0.4) is 0 Å². The van der Waals surface area contributed by atoms with Crippen molar-refractivity contribution in [3.8, 4) is 12.1 Å². The third-order valence-electron chi connectivity index (χ3n) is 3.47. The Kier molecular flexibility index (Phi) is 6.23. The summed E-state index contributed by atoms with van der Waals surface area (Å²) in [5.74, 6) is 0. The summed E-state index contributed by atoms with van der Waals surface area (Å²) in [6.07, 6.45) is 7.95. The minimum atomic E-state index is 0.847. The predicted octanol–water partition coefficient (Wildman–Crippen LogP) is 4.80. The van der Waals surface area contributed by atoms with Crippen LogP contribution in [0.1, 0.15) is 65.2 Å². The maximum absolute atomic E-state index is 9.30. The normalized spacial score (nSPS) is 20.9. The highest BCUT2D eigenvalue weighted by molar-refractivity contribution is 5.48. The van der Waals surface area contributed by atoms with Gasteiger partial charge in [-0.05, 0) is 49.7 Å². The smallest absolute Gasteiger partial charge is 0.0950 e. The first kappa shape index (κ1) is 14.5. The average Bonchev–Trinajstić information content (AvgIpc) is 2.42. The molecular weight excluding hydrogens is 220 g/mol. The molecule has 1 saturated carbocycles. The SMILES string of the molecule is CCC/C(C#N)=C1\CCCC\C1=C(\C#N)CCC. The van der Waals surface area contributed by atoms with Gasteiger partial charge in [-0.15, -0.1) is 0 Å². The van der Waals surface area contributed by atoms with Gasteiger partial charge in [-0.25, -0.2) is 0 Å². The summed E-state index contributed by atoms with van der Waals surface area (Å²) in [5.41, 5.74) is 4.21. The predicted molar refractivity (Wildman–Crippen MR) is 73.6 cm³/mol. The van der Waals surface area contributed by atoms with E-state index in [-0.39, 0.29) is 0 Å². The molecule has 1 rings (SSSR count). The Morgan fingerprint density at radius 3 is 1.56 bits per heavy atom. The molecule has 1 aliphatic carbocycles. The van der Waals surface area contributed by atoms with Crippen molar-refractivity contribution in [3.05, 3.63) is 22.3 Å². The van der Waals surface area contributed by atoms with Crippen LogP contribution in [0.4, 0.5) is 0 Å². The molecule has 0 spiro atoms. The van der Waals surface area contributed by atoms with Gasteiger partial charge in [0.15, 0.2) is 0 Å². The van der Waals surface area contributed by atoms with Gasteiger partial charge in [-0.2, -0.15) is 10.5 Å². The van der Waals surface area contributed by atoms with Gasteiger partial charge in [-0.1, -0.05) is 26.7 Å². The molecule has 1 fully saturated rings. The second-order valence-corrected chi connectivity index (χ2v) is 4.84. The molecule has 1 aliphatic rings. The van der Waals surface area contributed by atoms with Gasteiger partial charge in [0.25, 0.3) is 0 Å². The lowest BCUT2D eigenvalue weighted by Gasteiger charge is -2.21.